The van der Waals surface area contributed by atoms with E-state index in [4.69, 9.17) is 14.2 Å². The smallest absolute Gasteiger partial charge is 0.203 e. The summed E-state index contributed by atoms with van der Waals surface area (Å²) in [5.41, 5.74) is 2.25. The molecule has 1 N–H and O–H groups in total. The molecule has 0 aliphatic rings. The Morgan fingerprint density at radius 2 is 1.61 bits per heavy atom. The van der Waals surface area contributed by atoms with E-state index in [1.165, 1.54) is 0 Å². The summed E-state index contributed by atoms with van der Waals surface area (Å²) < 4.78 is 16.5. The number of methoxy groups -OCH3 is 3. The van der Waals surface area contributed by atoms with Gasteiger partial charge in [0.15, 0.2) is 11.5 Å². The van der Waals surface area contributed by atoms with Crippen LogP contribution < -0.4 is 14.2 Å². The molecule has 0 amide bonds. The van der Waals surface area contributed by atoms with Crippen molar-refractivity contribution in [1.82, 2.24) is 0 Å². The number of phenols is 1. The minimum absolute atomic E-state index is 0.145. The third-order valence-electron chi connectivity index (χ3n) is 3.24. The van der Waals surface area contributed by atoms with Crippen molar-refractivity contribution in [3.63, 3.8) is 0 Å². The lowest BCUT2D eigenvalue weighted by atomic mass is 10.1. The van der Waals surface area contributed by atoms with Gasteiger partial charge in [0.25, 0.3) is 0 Å². The Balaban J connectivity index is 2.44. The second-order valence-corrected chi connectivity index (χ2v) is 5.68. The maximum Gasteiger partial charge on any atom is 0.203 e. The van der Waals surface area contributed by atoms with E-state index in [1.807, 2.05) is 19.1 Å². The molecule has 0 aliphatic heterocycles. The van der Waals surface area contributed by atoms with E-state index in [0.717, 1.165) is 5.56 Å². The SMILES string of the molecule is COc1cc(/N=C/c2cc(C)cc(Br)c2O)cc(OC)c1OC. The molecule has 0 aliphatic carbocycles. The van der Waals surface area contributed by atoms with Crippen LogP contribution in [0.1, 0.15) is 11.1 Å². The van der Waals surface area contributed by atoms with Crippen molar-refractivity contribution in [2.75, 3.05) is 21.3 Å². The van der Waals surface area contributed by atoms with Gasteiger partial charge in [0.05, 0.1) is 31.5 Å². The molecule has 0 spiro atoms. The quantitative estimate of drug-likeness (QED) is 0.789. The second-order valence-electron chi connectivity index (χ2n) is 4.83. The molecule has 5 nitrogen and oxygen atoms in total. The number of halogens is 1. The summed E-state index contributed by atoms with van der Waals surface area (Å²) in [6.07, 6.45) is 1.59. The summed E-state index contributed by atoms with van der Waals surface area (Å²) in [6.45, 7) is 1.95. The van der Waals surface area contributed by atoms with Gasteiger partial charge in [-0.15, -0.1) is 0 Å². The molecular formula is C17H18BrNO4. The highest BCUT2D eigenvalue weighted by Crippen LogP contribution is 2.41. The molecule has 0 bridgehead atoms. The van der Waals surface area contributed by atoms with Crippen LogP contribution in [0.3, 0.4) is 0 Å². The van der Waals surface area contributed by atoms with Crippen LogP contribution in [0.25, 0.3) is 0 Å². The van der Waals surface area contributed by atoms with Gasteiger partial charge in [-0.05, 0) is 40.5 Å². The van der Waals surface area contributed by atoms with Crippen molar-refractivity contribution >= 4 is 27.8 Å². The molecule has 0 saturated heterocycles. The van der Waals surface area contributed by atoms with Crippen molar-refractivity contribution in [2.24, 2.45) is 4.99 Å². The van der Waals surface area contributed by atoms with Crippen LogP contribution in [0.4, 0.5) is 5.69 Å². The number of hydrogen-bond donors (Lipinski definition) is 1. The molecule has 6 heteroatoms. The van der Waals surface area contributed by atoms with E-state index < -0.39 is 0 Å². The summed E-state index contributed by atoms with van der Waals surface area (Å²) in [7, 11) is 4.65. The Bertz CT molecular complexity index is 719. The van der Waals surface area contributed by atoms with Crippen LogP contribution in [0, 0.1) is 6.92 Å². The Morgan fingerprint density at radius 3 is 2.13 bits per heavy atom. The van der Waals surface area contributed by atoms with Crippen LogP contribution in [0.2, 0.25) is 0 Å². The van der Waals surface area contributed by atoms with Gasteiger partial charge < -0.3 is 19.3 Å². The van der Waals surface area contributed by atoms with E-state index >= 15 is 0 Å². The molecule has 0 atom stereocenters. The number of nitrogens with zero attached hydrogens (tertiary/aromatic N) is 1. The maximum absolute atomic E-state index is 10.1. The highest BCUT2D eigenvalue weighted by molar-refractivity contribution is 9.10. The van der Waals surface area contributed by atoms with Gasteiger partial charge in [0, 0.05) is 23.9 Å². The summed E-state index contributed by atoms with van der Waals surface area (Å²) in [5, 5.41) is 10.1. The van der Waals surface area contributed by atoms with E-state index in [-0.39, 0.29) is 5.75 Å². The molecule has 0 heterocycles. The largest absolute Gasteiger partial charge is 0.506 e. The number of aliphatic imine (C=N–C) groups is 1. The molecule has 0 saturated carbocycles. The minimum atomic E-state index is 0.145. The minimum Gasteiger partial charge on any atom is -0.506 e. The highest BCUT2D eigenvalue weighted by atomic mass is 79.9. The molecule has 2 aromatic carbocycles. The molecular weight excluding hydrogens is 362 g/mol. The fourth-order valence-electron chi connectivity index (χ4n) is 2.15. The molecule has 2 rings (SSSR count). The van der Waals surface area contributed by atoms with Crippen LogP contribution in [-0.2, 0) is 0 Å². The van der Waals surface area contributed by atoms with E-state index in [2.05, 4.69) is 20.9 Å². The first kappa shape index (κ1) is 17.1. The fourth-order valence-corrected chi connectivity index (χ4v) is 2.74. The van der Waals surface area contributed by atoms with Crippen molar-refractivity contribution in [1.29, 1.82) is 0 Å². The van der Waals surface area contributed by atoms with Gasteiger partial charge in [-0.25, -0.2) is 0 Å². The van der Waals surface area contributed by atoms with Gasteiger partial charge in [0.2, 0.25) is 5.75 Å². The Kier molecular flexibility index (Phi) is 5.50. The zero-order chi connectivity index (χ0) is 17.0. The maximum atomic E-state index is 10.1. The lowest BCUT2D eigenvalue weighted by molar-refractivity contribution is 0.324. The van der Waals surface area contributed by atoms with Crippen molar-refractivity contribution in [2.45, 2.75) is 6.92 Å². The number of rotatable bonds is 5. The average Bonchev–Trinajstić information content (AvgIpc) is 2.55. The molecule has 0 fully saturated rings. The van der Waals surface area contributed by atoms with E-state index in [1.54, 1.807) is 39.7 Å². The molecule has 0 aromatic heterocycles. The first-order chi connectivity index (χ1) is 11.0. The first-order valence-corrected chi connectivity index (χ1v) is 7.62. The lowest BCUT2D eigenvalue weighted by Crippen LogP contribution is -1.94. The molecule has 0 unspecified atom stereocenters. The summed E-state index contributed by atoms with van der Waals surface area (Å²) in [6, 6.07) is 7.16. The third kappa shape index (κ3) is 3.76. The standard InChI is InChI=1S/C17H18BrNO4/c1-10-5-11(16(20)13(18)6-10)9-19-12-7-14(21-2)17(23-4)15(8-12)22-3/h5-9,20H,1-4H3/b19-9+. The third-order valence-corrected chi connectivity index (χ3v) is 3.84. The lowest BCUT2D eigenvalue weighted by Gasteiger charge is -2.12. The molecule has 0 radical (unpaired) electrons. The van der Waals surface area contributed by atoms with Gasteiger partial charge in [0.1, 0.15) is 5.75 Å². The van der Waals surface area contributed by atoms with E-state index in [0.29, 0.717) is 33.0 Å². The van der Waals surface area contributed by atoms with Crippen molar-refractivity contribution < 1.29 is 19.3 Å². The average molecular weight is 380 g/mol. The summed E-state index contributed by atoms with van der Waals surface area (Å²) >= 11 is 3.32. The molecule has 23 heavy (non-hydrogen) atoms. The first-order valence-electron chi connectivity index (χ1n) is 6.83. The van der Waals surface area contributed by atoms with Crippen LogP contribution in [-0.4, -0.2) is 32.7 Å². The second kappa shape index (κ2) is 7.37. The van der Waals surface area contributed by atoms with Crippen LogP contribution in [0.5, 0.6) is 23.0 Å². The Hall–Kier alpha value is -2.21. The van der Waals surface area contributed by atoms with Crippen LogP contribution in [0.15, 0.2) is 33.7 Å². The predicted octanol–water partition coefficient (Wildman–Crippen LogP) is 4.24. The topological polar surface area (TPSA) is 60.3 Å². The zero-order valence-electron chi connectivity index (χ0n) is 13.4. The predicted molar refractivity (Wildman–Crippen MR) is 93.9 cm³/mol. The fraction of sp³-hybridized carbons (Fsp3) is 0.235. The number of benzene rings is 2. The number of ether oxygens (including phenoxy) is 3. The van der Waals surface area contributed by atoms with Gasteiger partial charge in [-0.3, -0.25) is 4.99 Å². The van der Waals surface area contributed by atoms with Crippen molar-refractivity contribution in [3.8, 4) is 23.0 Å². The highest BCUT2D eigenvalue weighted by Gasteiger charge is 2.13. The Morgan fingerprint density at radius 1 is 1.00 bits per heavy atom. The van der Waals surface area contributed by atoms with Crippen molar-refractivity contribution in [3.05, 3.63) is 39.9 Å². The van der Waals surface area contributed by atoms with Gasteiger partial charge in [-0.1, -0.05) is 0 Å². The van der Waals surface area contributed by atoms with Crippen LogP contribution >= 0.6 is 15.9 Å². The summed E-state index contributed by atoms with van der Waals surface area (Å²) in [5.74, 6) is 1.70. The van der Waals surface area contributed by atoms with Gasteiger partial charge in [-0.2, -0.15) is 0 Å². The Labute approximate surface area is 143 Å². The number of aryl methyl sites for hydroxylation is 1. The normalized spacial score (nSPS) is 10.8. The number of phenolic OH excluding ortho intramolecular Hbond substituents is 1. The summed E-state index contributed by atoms with van der Waals surface area (Å²) in [4.78, 5) is 4.39. The number of hydrogen-bond acceptors (Lipinski definition) is 5. The van der Waals surface area contributed by atoms with Gasteiger partial charge >= 0.3 is 0 Å². The molecule has 122 valence electrons. The van der Waals surface area contributed by atoms with E-state index in [9.17, 15) is 5.11 Å². The number of aromatic hydroxyl groups is 1. The monoisotopic (exact) mass is 379 g/mol. The molecule has 2 aromatic rings. The zero-order valence-corrected chi connectivity index (χ0v) is 15.0.